The van der Waals surface area contributed by atoms with Crippen LogP contribution in [0.1, 0.15) is 71.9 Å². The maximum Gasteiger partial charge on any atom is 0.514 e. The Kier molecular flexibility index (Phi) is 31.0. The highest BCUT2D eigenvalue weighted by atomic mass is 32.1. The van der Waals surface area contributed by atoms with E-state index in [4.69, 9.17) is 14.6 Å². The van der Waals surface area contributed by atoms with Crippen molar-refractivity contribution in [2.24, 2.45) is 0 Å². The van der Waals surface area contributed by atoms with Crippen molar-refractivity contribution in [3.8, 4) is 5.75 Å². The molecular formula is C50H67N9O15S. The molecule has 408 valence electrons. The number of likely N-dealkylation sites (N-methyl/N-ethyl adjacent to an activating group) is 1. The van der Waals surface area contributed by atoms with E-state index >= 15 is 0 Å². The fraction of sp³-hybridized carbons (Fsp3) is 0.400. The molecule has 75 heavy (non-hydrogen) atoms. The van der Waals surface area contributed by atoms with Crippen LogP contribution in [-0.2, 0) is 60.9 Å². The first-order valence-electron chi connectivity index (χ1n) is 23.5. The molecule has 0 saturated carbocycles. The molecule has 4 rings (SSSR count). The second kappa shape index (κ2) is 35.8. The van der Waals surface area contributed by atoms with Gasteiger partial charge in [0.15, 0.2) is 0 Å². The molecule has 3 aromatic rings. The lowest BCUT2D eigenvalue weighted by molar-refractivity contribution is -0.384. The monoisotopic (exact) mass is 1070 g/mol. The Hall–Kier alpha value is -8.19. The van der Waals surface area contributed by atoms with E-state index < -0.39 is 46.7 Å². The molecule has 1 aliphatic heterocycles. The summed E-state index contributed by atoms with van der Waals surface area (Å²) in [4.78, 5) is 126. The van der Waals surface area contributed by atoms with Gasteiger partial charge in [-0.25, -0.2) is 4.79 Å². The van der Waals surface area contributed by atoms with Crippen molar-refractivity contribution in [1.29, 1.82) is 0 Å². The number of anilines is 1. The number of nitro groups is 1. The minimum absolute atomic E-state index is 0.0153. The van der Waals surface area contributed by atoms with Crippen LogP contribution in [0.3, 0.4) is 0 Å². The third-order valence-electron chi connectivity index (χ3n) is 9.37. The number of carbonyl (C=O) groups excluding carboxylic acids is 10. The zero-order valence-electron chi connectivity index (χ0n) is 42.7. The van der Waals surface area contributed by atoms with Crippen LogP contribution in [0, 0.1) is 10.1 Å². The number of amides is 9. The Morgan fingerprint density at radius 2 is 1.39 bits per heavy atom. The van der Waals surface area contributed by atoms with Crippen LogP contribution in [0.25, 0.3) is 0 Å². The third-order valence-corrected chi connectivity index (χ3v) is 9.37. The van der Waals surface area contributed by atoms with Gasteiger partial charge in [0, 0.05) is 74.5 Å². The highest BCUT2D eigenvalue weighted by molar-refractivity contribution is 7.80. The van der Waals surface area contributed by atoms with Gasteiger partial charge in [0.1, 0.15) is 18.4 Å². The van der Waals surface area contributed by atoms with Gasteiger partial charge in [-0.2, -0.15) is 12.6 Å². The van der Waals surface area contributed by atoms with E-state index in [2.05, 4.69) is 49.8 Å². The van der Waals surface area contributed by atoms with Gasteiger partial charge in [0.05, 0.1) is 24.6 Å². The second-order valence-corrected chi connectivity index (χ2v) is 17.7. The lowest BCUT2D eigenvalue weighted by atomic mass is 10.0. The van der Waals surface area contributed by atoms with Gasteiger partial charge in [-0.3, -0.25) is 58.2 Å². The summed E-state index contributed by atoms with van der Waals surface area (Å²) in [6.45, 7) is 11.2. The molecule has 0 saturated heterocycles. The Labute approximate surface area is 440 Å². The van der Waals surface area contributed by atoms with Gasteiger partial charge < -0.3 is 51.8 Å². The molecule has 1 unspecified atom stereocenters. The predicted molar refractivity (Wildman–Crippen MR) is 279 cm³/mol. The van der Waals surface area contributed by atoms with Gasteiger partial charge in [0.2, 0.25) is 41.9 Å². The first-order chi connectivity index (χ1) is 35.5. The molecule has 25 heteroatoms. The standard InChI is InChI=1S/C28H27N5O9.C11H15N3O4.C8H17NO2.C3H8S/c34-18-29-15-25(35)32-24(14-19-4-2-1-3-5-19)27(37)30-16-26(36)31-21-8-6-20(7-9-21)17-41-28(38)42-23-12-10-22(11-13-23)33(39)40;1-2-12-9(16)7-13-8(15)5-6-14-10(17)3-4-11(14)18;1-4-7(11)9-8(2,3)5-6-10;1-3(2)4/h1-13,18,24H,14-17H2,(H,29,34)(H,30,37)(H,31,36)(H,32,35);3-4H,2,5-7H2,1H3,(H,12,16)(H,13,15);10H,4-6H2,1-3H3,(H,9,11);3-4H,1-2H3. The summed E-state index contributed by atoms with van der Waals surface area (Å²) in [7, 11) is 0. The van der Waals surface area contributed by atoms with E-state index in [1.54, 1.807) is 55.5 Å². The fourth-order valence-electron chi connectivity index (χ4n) is 5.72. The molecule has 1 aliphatic rings. The number of aliphatic hydroxyl groups excluding tert-OH is 1. The first kappa shape index (κ1) is 64.8. The van der Waals surface area contributed by atoms with Gasteiger partial charge in [-0.05, 0) is 67.8 Å². The predicted octanol–water partition coefficient (Wildman–Crippen LogP) is 2.39. The number of nitro benzene ring substituents is 1. The fourth-order valence-corrected chi connectivity index (χ4v) is 5.72. The SMILES string of the molecule is CC(C)S.CCC(=O)NC(C)(C)CCO.CCNC(=O)CNC(=O)CCN1C(=O)C=CC1=O.O=CNCC(=O)NC(Cc1ccccc1)C(=O)NCC(=O)Nc1ccc(COC(=O)Oc2ccc([N+](=O)[O-])cc2)cc1. The Morgan fingerprint density at radius 3 is 1.93 bits per heavy atom. The highest BCUT2D eigenvalue weighted by Crippen LogP contribution is 2.18. The van der Waals surface area contributed by atoms with Gasteiger partial charge in [-0.15, -0.1) is 0 Å². The van der Waals surface area contributed by atoms with E-state index in [0.29, 0.717) is 42.3 Å². The molecule has 9 amide bonds. The number of non-ortho nitro benzene ring substituents is 1. The zero-order chi connectivity index (χ0) is 56.3. The topological polar surface area (TPSA) is 340 Å². The Morgan fingerprint density at radius 1 is 0.787 bits per heavy atom. The lowest BCUT2D eigenvalue weighted by Gasteiger charge is -2.24. The summed E-state index contributed by atoms with van der Waals surface area (Å²) in [5.41, 5.74) is 1.37. The number of nitrogens with zero attached hydrogens (tertiary/aromatic N) is 2. The Balaban J connectivity index is 0.000000693. The number of nitrogens with one attached hydrogen (secondary N) is 7. The number of aliphatic hydroxyl groups is 1. The number of ether oxygens (including phenoxy) is 2. The van der Waals surface area contributed by atoms with E-state index in [1.807, 2.05) is 40.7 Å². The van der Waals surface area contributed by atoms with E-state index in [9.17, 15) is 58.1 Å². The van der Waals surface area contributed by atoms with Crippen molar-refractivity contribution in [1.82, 2.24) is 36.8 Å². The molecule has 1 heterocycles. The zero-order valence-corrected chi connectivity index (χ0v) is 43.6. The molecule has 0 radical (unpaired) electrons. The third kappa shape index (κ3) is 29.8. The summed E-state index contributed by atoms with van der Waals surface area (Å²) in [5.74, 6) is -3.05. The quantitative estimate of drug-likeness (QED) is 0.0118. The van der Waals surface area contributed by atoms with Crippen molar-refractivity contribution in [2.75, 3.05) is 44.6 Å². The van der Waals surface area contributed by atoms with Crippen LogP contribution < -0.4 is 42.0 Å². The summed E-state index contributed by atoms with van der Waals surface area (Å²) >= 11 is 3.97. The summed E-state index contributed by atoms with van der Waals surface area (Å²) in [6, 6.07) is 19.3. The number of hydrogen-bond acceptors (Lipinski definition) is 16. The number of thiol groups is 1. The number of rotatable bonds is 24. The van der Waals surface area contributed by atoms with Crippen LogP contribution in [-0.4, -0.2) is 131 Å². The van der Waals surface area contributed by atoms with Crippen LogP contribution in [0.5, 0.6) is 5.75 Å². The maximum atomic E-state index is 12.8. The number of imide groups is 1. The van der Waals surface area contributed by atoms with E-state index in [0.717, 1.165) is 22.6 Å². The summed E-state index contributed by atoms with van der Waals surface area (Å²) in [6.07, 6.45) is 2.94. The number of hydrogen-bond donors (Lipinski definition) is 9. The summed E-state index contributed by atoms with van der Waals surface area (Å²) < 4.78 is 9.99. The second-order valence-electron chi connectivity index (χ2n) is 16.7. The van der Waals surface area contributed by atoms with E-state index in [1.165, 1.54) is 24.3 Å². The molecular weight excluding hydrogens is 999 g/mol. The summed E-state index contributed by atoms with van der Waals surface area (Å²) in [5, 5.41) is 37.5. The molecule has 1 atom stereocenters. The van der Waals surface area contributed by atoms with Crippen molar-refractivity contribution in [3.05, 3.63) is 112 Å². The number of carbonyl (C=O) groups is 10. The normalized spacial score (nSPS) is 11.6. The highest BCUT2D eigenvalue weighted by Gasteiger charge is 2.24. The van der Waals surface area contributed by atoms with Crippen molar-refractivity contribution in [3.63, 3.8) is 0 Å². The van der Waals surface area contributed by atoms with Crippen molar-refractivity contribution in [2.45, 2.75) is 90.7 Å². The average molecular weight is 1070 g/mol. The molecule has 24 nitrogen and oxygen atoms in total. The minimum atomic E-state index is -1.00. The molecule has 0 aromatic heterocycles. The minimum Gasteiger partial charge on any atom is -0.429 e. The maximum absolute atomic E-state index is 12.8. The average Bonchev–Trinajstić information content (AvgIpc) is 3.69. The van der Waals surface area contributed by atoms with Crippen LogP contribution in [0.2, 0.25) is 0 Å². The van der Waals surface area contributed by atoms with Crippen molar-refractivity contribution < 1.29 is 67.4 Å². The van der Waals surface area contributed by atoms with Crippen LogP contribution in [0.4, 0.5) is 16.2 Å². The molecule has 0 aliphatic carbocycles. The van der Waals surface area contributed by atoms with Crippen molar-refractivity contribution >= 4 is 83.8 Å². The Bertz CT molecular complexity index is 2370. The van der Waals surface area contributed by atoms with E-state index in [-0.39, 0.29) is 86.9 Å². The van der Waals surface area contributed by atoms with Gasteiger partial charge in [0.25, 0.3) is 17.5 Å². The van der Waals surface area contributed by atoms with Gasteiger partial charge in [-0.1, -0.05) is 63.2 Å². The van der Waals surface area contributed by atoms with Crippen LogP contribution in [0.15, 0.2) is 91.0 Å². The largest absolute Gasteiger partial charge is 0.514 e. The molecule has 3 aromatic carbocycles. The number of benzene rings is 3. The first-order valence-corrected chi connectivity index (χ1v) is 24.0. The molecule has 0 fully saturated rings. The molecule has 8 N–H and O–H groups in total. The van der Waals surface area contributed by atoms with Gasteiger partial charge >= 0.3 is 6.16 Å². The lowest BCUT2D eigenvalue weighted by Crippen LogP contribution is -2.51. The smallest absolute Gasteiger partial charge is 0.429 e. The van der Waals surface area contributed by atoms with Crippen LogP contribution >= 0.6 is 12.6 Å². The molecule has 0 bridgehead atoms. The molecule has 0 spiro atoms.